The van der Waals surface area contributed by atoms with Gasteiger partial charge in [0.25, 0.3) is 0 Å². The van der Waals surface area contributed by atoms with Crippen molar-refractivity contribution in [2.24, 2.45) is 11.7 Å². The maximum atomic E-state index is 11.7. The molecule has 0 spiro atoms. The molecule has 0 aliphatic heterocycles. The van der Waals surface area contributed by atoms with Crippen molar-refractivity contribution in [1.29, 1.82) is 0 Å². The van der Waals surface area contributed by atoms with E-state index < -0.39 is 24.5 Å². The summed E-state index contributed by atoms with van der Waals surface area (Å²) in [5.41, 5.74) is 5.61. The van der Waals surface area contributed by atoms with Crippen molar-refractivity contribution in [3.05, 3.63) is 0 Å². The second-order valence-corrected chi connectivity index (χ2v) is 3.56. The SMILES string of the molecule is C#CCN(CC(=O)O)C(=O)C(N)C(C)C. The zero-order valence-corrected chi connectivity index (χ0v) is 8.93. The Bertz CT molecular complexity index is 281. The number of amides is 1. The van der Waals surface area contributed by atoms with E-state index in [1.807, 2.05) is 0 Å². The first-order chi connectivity index (χ1) is 6.90. The molecule has 0 rings (SSSR count). The van der Waals surface area contributed by atoms with Gasteiger partial charge >= 0.3 is 5.97 Å². The average Bonchev–Trinajstić information content (AvgIpc) is 2.14. The minimum absolute atomic E-state index is 0.0362. The molecule has 0 aromatic carbocycles. The standard InChI is InChI=1S/C10H16N2O3/c1-4-5-12(6-8(13)14)10(15)9(11)7(2)3/h1,7,9H,5-6,11H2,2-3H3,(H,13,14). The molecule has 0 aliphatic carbocycles. The van der Waals surface area contributed by atoms with E-state index in [2.05, 4.69) is 5.92 Å². The number of nitrogens with two attached hydrogens (primary N) is 1. The fourth-order valence-corrected chi connectivity index (χ4v) is 0.981. The maximum absolute atomic E-state index is 11.7. The zero-order chi connectivity index (χ0) is 12.0. The summed E-state index contributed by atoms with van der Waals surface area (Å²) in [5, 5.41) is 8.58. The average molecular weight is 212 g/mol. The summed E-state index contributed by atoms with van der Waals surface area (Å²) in [6, 6.07) is -0.710. The van der Waals surface area contributed by atoms with E-state index in [0.717, 1.165) is 4.90 Å². The van der Waals surface area contributed by atoms with Gasteiger partial charge in [0.05, 0.1) is 12.6 Å². The van der Waals surface area contributed by atoms with Crippen LogP contribution in [0.15, 0.2) is 0 Å². The lowest BCUT2D eigenvalue weighted by atomic mass is 10.0. The highest BCUT2D eigenvalue weighted by Crippen LogP contribution is 2.03. The Balaban J connectivity index is 4.55. The molecule has 0 radical (unpaired) electrons. The molecule has 0 saturated carbocycles. The predicted molar refractivity (Wildman–Crippen MR) is 55.9 cm³/mol. The summed E-state index contributed by atoms with van der Waals surface area (Å²) in [4.78, 5) is 23.2. The topological polar surface area (TPSA) is 83.6 Å². The summed E-state index contributed by atoms with van der Waals surface area (Å²) in [7, 11) is 0. The van der Waals surface area contributed by atoms with Crippen LogP contribution in [0.2, 0.25) is 0 Å². The summed E-state index contributed by atoms with van der Waals surface area (Å²) < 4.78 is 0. The molecule has 1 atom stereocenters. The van der Waals surface area contributed by atoms with Gasteiger partial charge in [-0.15, -0.1) is 6.42 Å². The zero-order valence-electron chi connectivity index (χ0n) is 8.93. The molecule has 0 fully saturated rings. The normalized spacial score (nSPS) is 11.9. The lowest BCUT2D eigenvalue weighted by molar-refractivity contribution is -0.144. The van der Waals surface area contributed by atoms with E-state index in [1.54, 1.807) is 13.8 Å². The number of carboxylic acid groups (broad SMARTS) is 1. The van der Waals surface area contributed by atoms with Gasteiger partial charge in [0, 0.05) is 0 Å². The Morgan fingerprint density at radius 3 is 2.40 bits per heavy atom. The Hall–Kier alpha value is -1.54. The van der Waals surface area contributed by atoms with Crippen molar-refractivity contribution in [2.75, 3.05) is 13.1 Å². The molecule has 0 aromatic heterocycles. The first-order valence-electron chi connectivity index (χ1n) is 4.59. The van der Waals surface area contributed by atoms with Crippen LogP contribution in [0.25, 0.3) is 0 Å². The smallest absolute Gasteiger partial charge is 0.323 e. The van der Waals surface area contributed by atoms with E-state index >= 15 is 0 Å². The minimum atomic E-state index is -1.10. The van der Waals surface area contributed by atoms with Gasteiger partial charge in [-0.05, 0) is 5.92 Å². The van der Waals surface area contributed by atoms with Gasteiger partial charge in [-0.25, -0.2) is 0 Å². The van der Waals surface area contributed by atoms with Gasteiger partial charge in [0.1, 0.15) is 6.54 Å². The van der Waals surface area contributed by atoms with Crippen molar-refractivity contribution < 1.29 is 14.7 Å². The van der Waals surface area contributed by atoms with Gasteiger partial charge in [-0.1, -0.05) is 19.8 Å². The summed E-state index contributed by atoms with van der Waals surface area (Å²) >= 11 is 0. The number of terminal acetylenes is 1. The Morgan fingerprint density at radius 1 is 1.53 bits per heavy atom. The summed E-state index contributed by atoms with van der Waals surface area (Å²) in [6.45, 7) is 3.13. The number of nitrogens with zero attached hydrogens (tertiary/aromatic N) is 1. The van der Waals surface area contributed by atoms with E-state index in [1.165, 1.54) is 0 Å². The molecule has 0 bridgehead atoms. The maximum Gasteiger partial charge on any atom is 0.323 e. The van der Waals surface area contributed by atoms with Crippen molar-refractivity contribution in [1.82, 2.24) is 4.90 Å². The largest absolute Gasteiger partial charge is 0.480 e. The monoisotopic (exact) mass is 212 g/mol. The summed E-state index contributed by atoms with van der Waals surface area (Å²) in [6.07, 6.45) is 5.04. The summed E-state index contributed by atoms with van der Waals surface area (Å²) in [5.74, 6) is 0.657. The number of rotatable bonds is 5. The molecule has 0 aliphatic rings. The molecule has 84 valence electrons. The first kappa shape index (κ1) is 13.5. The molecule has 0 heterocycles. The van der Waals surface area contributed by atoms with E-state index in [0.29, 0.717) is 0 Å². The third-order valence-corrected chi connectivity index (χ3v) is 1.92. The number of hydrogen-bond donors (Lipinski definition) is 2. The van der Waals surface area contributed by atoms with Crippen LogP contribution in [-0.2, 0) is 9.59 Å². The number of carbonyl (C=O) groups is 2. The van der Waals surface area contributed by atoms with Gasteiger partial charge < -0.3 is 15.7 Å². The van der Waals surface area contributed by atoms with Gasteiger partial charge in [0.15, 0.2) is 0 Å². The number of carbonyl (C=O) groups excluding carboxylic acids is 1. The van der Waals surface area contributed by atoms with Crippen LogP contribution in [0, 0.1) is 18.3 Å². The van der Waals surface area contributed by atoms with Gasteiger partial charge in [-0.2, -0.15) is 0 Å². The Labute approximate surface area is 89.2 Å². The van der Waals surface area contributed by atoms with Crippen LogP contribution in [0.3, 0.4) is 0 Å². The van der Waals surface area contributed by atoms with Crippen molar-refractivity contribution in [3.8, 4) is 12.3 Å². The third-order valence-electron chi connectivity index (χ3n) is 1.92. The highest BCUT2D eigenvalue weighted by Gasteiger charge is 2.24. The highest BCUT2D eigenvalue weighted by molar-refractivity contribution is 5.85. The highest BCUT2D eigenvalue weighted by atomic mass is 16.4. The number of carboxylic acids is 1. The number of aliphatic carboxylic acids is 1. The van der Waals surface area contributed by atoms with Crippen LogP contribution in [0.1, 0.15) is 13.8 Å². The fourth-order valence-electron chi connectivity index (χ4n) is 0.981. The molecule has 5 heteroatoms. The first-order valence-corrected chi connectivity index (χ1v) is 4.59. The molecule has 1 amide bonds. The Morgan fingerprint density at radius 2 is 2.07 bits per heavy atom. The molecular formula is C10H16N2O3. The minimum Gasteiger partial charge on any atom is -0.480 e. The fraction of sp³-hybridized carbons (Fsp3) is 0.600. The molecule has 0 saturated heterocycles. The van der Waals surface area contributed by atoms with Crippen LogP contribution >= 0.6 is 0 Å². The van der Waals surface area contributed by atoms with E-state index in [-0.39, 0.29) is 12.5 Å². The lowest BCUT2D eigenvalue weighted by Gasteiger charge is -2.23. The lowest BCUT2D eigenvalue weighted by Crippen LogP contribution is -2.48. The molecular weight excluding hydrogens is 196 g/mol. The number of hydrogen-bond acceptors (Lipinski definition) is 3. The van der Waals surface area contributed by atoms with E-state index in [4.69, 9.17) is 17.3 Å². The predicted octanol–water partition coefficient (Wildman–Crippen LogP) is -0.484. The third kappa shape index (κ3) is 4.47. The van der Waals surface area contributed by atoms with Crippen LogP contribution < -0.4 is 5.73 Å². The van der Waals surface area contributed by atoms with Crippen LogP contribution in [0.5, 0.6) is 0 Å². The van der Waals surface area contributed by atoms with Crippen LogP contribution in [-0.4, -0.2) is 41.0 Å². The second kappa shape index (κ2) is 6.04. The molecule has 1 unspecified atom stereocenters. The molecule has 15 heavy (non-hydrogen) atoms. The second-order valence-electron chi connectivity index (χ2n) is 3.56. The van der Waals surface area contributed by atoms with Crippen LogP contribution in [0.4, 0.5) is 0 Å². The van der Waals surface area contributed by atoms with Crippen molar-refractivity contribution in [2.45, 2.75) is 19.9 Å². The van der Waals surface area contributed by atoms with Gasteiger partial charge in [-0.3, -0.25) is 9.59 Å². The molecule has 5 nitrogen and oxygen atoms in total. The van der Waals surface area contributed by atoms with E-state index in [9.17, 15) is 9.59 Å². The Kier molecular flexibility index (Phi) is 5.42. The van der Waals surface area contributed by atoms with Gasteiger partial charge in [0.2, 0.25) is 5.91 Å². The molecule has 3 N–H and O–H groups in total. The molecule has 0 aromatic rings. The van der Waals surface area contributed by atoms with Crippen molar-refractivity contribution in [3.63, 3.8) is 0 Å². The quantitative estimate of drug-likeness (QED) is 0.603. The van der Waals surface area contributed by atoms with Crippen molar-refractivity contribution >= 4 is 11.9 Å².